The minimum absolute atomic E-state index is 0.00786. The lowest BCUT2D eigenvalue weighted by Gasteiger charge is -2.24. The summed E-state index contributed by atoms with van der Waals surface area (Å²) in [4.78, 5) is 14.2. The second-order valence-corrected chi connectivity index (χ2v) is 8.21. The Morgan fingerprint density at radius 1 is 1.08 bits per heavy atom. The Kier molecular flexibility index (Phi) is 8.73. The average molecular weight is 375 g/mol. The van der Waals surface area contributed by atoms with Gasteiger partial charge in [0, 0.05) is 37.6 Å². The summed E-state index contributed by atoms with van der Waals surface area (Å²) in [6.07, 6.45) is 3.12. The van der Waals surface area contributed by atoms with E-state index in [2.05, 4.69) is 0 Å². The Hall–Kier alpha value is -1.11. The number of amides is 1. The van der Waals surface area contributed by atoms with Gasteiger partial charge in [0.2, 0.25) is 15.9 Å². The van der Waals surface area contributed by atoms with Crippen LogP contribution in [0.3, 0.4) is 0 Å². The summed E-state index contributed by atoms with van der Waals surface area (Å²) >= 11 is 6.12. The van der Waals surface area contributed by atoms with Crippen molar-refractivity contribution in [2.45, 2.75) is 39.7 Å². The number of nitrogens with zero attached hydrogens (tertiary/aromatic N) is 2. The Morgan fingerprint density at radius 2 is 1.67 bits per heavy atom. The average Bonchev–Trinajstić information content (AvgIpc) is 2.51. The highest BCUT2D eigenvalue weighted by Crippen LogP contribution is 2.18. The van der Waals surface area contributed by atoms with Crippen LogP contribution >= 0.6 is 11.6 Å². The van der Waals surface area contributed by atoms with Crippen LogP contribution in [0, 0.1) is 0 Å². The first-order valence-corrected chi connectivity index (χ1v) is 10.5. The lowest BCUT2D eigenvalue weighted by molar-refractivity contribution is -0.131. The Bertz CT molecular complexity index is 628. The summed E-state index contributed by atoms with van der Waals surface area (Å²) < 4.78 is 25.4. The third-order valence-corrected chi connectivity index (χ3v) is 5.31. The summed E-state index contributed by atoms with van der Waals surface area (Å²) in [7, 11) is -3.42. The van der Waals surface area contributed by atoms with E-state index < -0.39 is 10.0 Å². The van der Waals surface area contributed by atoms with Gasteiger partial charge in [0.05, 0.1) is 6.26 Å². The van der Waals surface area contributed by atoms with E-state index in [0.717, 1.165) is 24.7 Å². The first-order chi connectivity index (χ1) is 11.3. The highest BCUT2D eigenvalue weighted by Gasteiger charge is 2.21. The fourth-order valence-electron chi connectivity index (χ4n) is 2.46. The smallest absolute Gasteiger partial charge is 0.223 e. The normalized spacial score (nSPS) is 11.7. The Balaban J connectivity index is 2.77. The van der Waals surface area contributed by atoms with Gasteiger partial charge in [-0.25, -0.2) is 8.42 Å². The highest BCUT2D eigenvalue weighted by molar-refractivity contribution is 7.88. The van der Waals surface area contributed by atoms with Crippen molar-refractivity contribution in [3.63, 3.8) is 0 Å². The maximum Gasteiger partial charge on any atom is 0.223 e. The van der Waals surface area contributed by atoms with Gasteiger partial charge in [-0.05, 0) is 24.5 Å². The maximum absolute atomic E-state index is 12.4. The van der Waals surface area contributed by atoms with E-state index in [1.807, 2.05) is 19.9 Å². The zero-order chi connectivity index (χ0) is 18.2. The monoisotopic (exact) mass is 374 g/mol. The van der Waals surface area contributed by atoms with Crippen LogP contribution in [0.15, 0.2) is 24.3 Å². The third kappa shape index (κ3) is 6.79. The van der Waals surface area contributed by atoms with Crippen molar-refractivity contribution in [3.05, 3.63) is 34.9 Å². The van der Waals surface area contributed by atoms with E-state index in [-0.39, 0.29) is 25.4 Å². The number of rotatable bonds is 10. The van der Waals surface area contributed by atoms with Crippen molar-refractivity contribution in [1.82, 2.24) is 9.21 Å². The third-order valence-electron chi connectivity index (χ3n) is 3.69. The molecule has 0 aromatic heterocycles. The number of carbonyl (C=O) groups is 1. The SMILES string of the molecule is CCCN(CCC)C(=O)CCN(Cc1ccccc1Cl)S(C)(=O)=O. The number of carbonyl (C=O) groups excluding carboxylic acids is 1. The minimum Gasteiger partial charge on any atom is -0.343 e. The number of benzene rings is 1. The standard InChI is InChI=1S/C17H27ClN2O3S/c1-4-11-19(12-5-2)17(21)10-13-20(24(3,22)23)14-15-8-6-7-9-16(15)18/h6-9H,4-5,10-14H2,1-3H3. The molecule has 1 rings (SSSR count). The minimum atomic E-state index is -3.42. The Labute approximate surface area is 150 Å². The number of hydrogen-bond acceptors (Lipinski definition) is 3. The van der Waals surface area contributed by atoms with Gasteiger partial charge in [-0.3, -0.25) is 4.79 Å². The summed E-state index contributed by atoms with van der Waals surface area (Å²) in [5, 5.41) is 0.524. The molecule has 0 aliphatic heterocycles. The molecule has 0 aliphatic rings. The van der Waals surface area contributed by atoms with E-state index in [4.69, 9.17) is 11.6 Å². The van der Waals surface area contributed by atoms with Crippen molar-refractivity contribution in [2.24, 2.45) is 0 Å². The first kappa shape index (κ1) is 20.9. The molecule has 24 heavy (non-hydrogen) atoms. The van der Waals surface area contributed by atoms with Crippen LogP contribution in [0.1, 0.15) is 38.7 Å². The van der Waals surface area contributed by atoms with E-state index in [1.54, 1.807) is 23.1 Å². The predicted molar refractivity (Wildman–Crippen MR) is 98.5 cm³/mol. The van der Waals surface area contributed by atoms with Gasteiger partial charge in [0.15, 0.2) is 0 Å². The molecule has 1 amide bonds. The van der Waals surface area contributed by atoms with Crippen LogP contribution in [0.5, 0.6) is 0 Å². The molecule has 0 atom stereocenters. The molecule has 5 nitrogen and oxygen atoms in total. The van der Waals surface area contributed by atoms with Crippen LogP contribution < -0.4 is 0 Å². The van der Waals surface area contributed by atoms with Gasteiger partial charge in [-0.15, -0.1) is 0 Å². The zero-order valence-electron chi connectivity index (χ0n) is 14.7. The van der Waals surface area contributed by atoms with Gasteiger partial charge < -0.3 is 4.90 Å². The van der Waals surface area contributed by atoms with Gasteiger partial charge >= 0.3 is 0 Å². The number of sulfonamides is 1. The van der Waals surface area contributed by atoms with Crippen LogP contribution in [0.4, 0.5) is 0 Å². The fraction of sp³-hybridized carbons (Fsp3) is 0.588. The van der Waals surface area contributed by atoms with Gasteiger partial charge in [-0.2, -0.15) is 4.31 Å². The molecule has 0 spiro atoms. The number of hydrogen-bond donors (Lipinski definition) is 0. The molecule has 0 N–H and O–H groups in total. The van der Waals surface area contributed by atoms with Crippen LogP contribution in [-0.2, 0) is 21.4 Å². The second kappa shape index (κ2) is 10.0. The van der Waals surface area contributed by atoms with Crippen molar-refractivity contribution in [3.8, 4) is 0 Å². The molecule has 0 aliphatic carbocycles. The topological polar surface area (TPSA) is 57.7 Å². The van der Waals surface area contributed by atoms with E-state index in [9.17, 15) is 13.2 Å². The van der Waals surface area contributed by atoms with Crippen molar-refractivity contribution >= 4 is 27.5 Å². The first-order valence-electron chi connectivity index (χ1n) is 8.25. The molecule has 136 valence electrons. The maximum atomic E-state index is 12.4. The van der Waals surface area contributed by atoms with Crippen molar-refractivity contribution < 1.29 is 13.2 Å². The van der Waals surface area contributed by atoms with Crippen LogP contribution in [-0.4, -0.2) is 49.4 Å². The molecule has 0 unspecified atom stereocenters. The molecule has 0 saturated carbocycles. The molecule has 0 saturated heterocycles. The summed E-state index contributed by atoms with van der Waals surface area (Å²) in [5.74, 6) is -0.00786. The van der Waals surface area contributed by atoms with Crippen molar-refractivity contribution in [2.75, 3.05) is 25.9 Å². The molecule has 1 aromatic carbocycles. The highest BCUT2D eigenvalue weighted by atomic mass is 35.5. The summed E-state index contributed by atoms with van der Waals surface area (Å²) in [5.41, 5.74) is 0.732. The zero-order valence-corrected chi connectivity index (χ0v) is 16.2. The predicted octanol–water partition coefficient (Wildman–Crippen LogP) is 3.14. The summed E-state index contributed by atoms with van der Waals surface area (Å²) in [6, 6.07) is 7.14. The van der Waals surface area contributed by atoms with Gasteiger partial charge in [0.1, 0.15) is 0 Å². The lowest BCUT2D eigenvalue weighted by atomic mass is 10.2. The van der Waals surface area contributed by atoms with Crippen molar-refractivity contribution in [1.29, 1.82) is 0 Å². The quantitative estimate of drug-likeness (QED) is 0.632. The molecule has 7 heteroatoms. The lowest BCUT2D eigenvalue weighted by Crippen LogP contribution is -2.37. The molecule has 0 fully saturated rings. The number of halogens is 1. The Morgan fingerprint density at radius 3 is 2.17 bits per heavy atom. The molecule has 0 heterocycles. The molecule has 0 bridgehead atoms. The van der Waals surface area contributed by atoms with E-state index in [0.29, 0.717) is 18.1 Å². The van der Waals surface area contributed by atoms with Crippen LogP contribution in [0.25, 0.3) is 0 Å². The second-order valence-electron chi connectivity index (χ2n) is 5.82. The largest absolute Gasteiger partial charge is 0.343 e. The van der Waals surface area contributed by atoms with E-state index in [1.165, 1.54) is 4.31 Å². The molecule has 0 radical (unpaired) electrons. The van der Waals surface area contributed by atoms with Gasteiger partial charge in [0.25, 0.3) is 0 Å². The summed E-state index contributed by atoms with van der Waals surface area (Å²) in [6.45, 7) is 5.79. The van der Waals surface area contributed by atoms with Gasteiger partial charge in [-0.1, -0.05) is 43.6 Å². The fourth-order valence-corrected chi connectivity index (χ4v) is 3.45. The van der Waals surface area contributed by atoms with Crippen LogP contribution in [0.2, 0.25) is 5.02 Å². The van der Waals surface area contributed by atoms with E-state index >= 15 is 0 Å². The molecule has 1 aromatic rings. The molecular formula is C17H27ClN2O3S. The molecular weight excluding hydrogens is 348 g/mol.